The van der Waals surface area contributed by atoms with Gasteiger partial charge in [0, 0.05) is 12.6 Å². The molecule has 3 heterocycles. The molecule has 31 heavy (non-hydrogen) atoms. The third kappa shape index (κ3) is 5.00. The fourth-order valence-electron chi connectivity index (χ4n) is 3.03. The number of hydrogen-bond donors (Lipinski definition) is 0. The van der Waals surface area contributed by atoms with Crippen molar-refractivity contribution in [2.75, 3.05) is 19.9 Å². The minimum Gasteiger partial charge on any atom is -0.497 e. The average Bonchev–Trinajstić information content (AvgIpc) is 3.55. The van der Waals surface area contributed by atoms with E-state index in [0.29, 0.717) is 24.1 Å². The average molecular weight is 439 g/mol. The van der Waals surface area contributed by atoms with Crippen LogP contribution in [0.5, 0.6) is 5.75 Å². The molecule has 0 saturated heterocycles. The molecule has 160 valence electrons. The van der Waals surface area contributed by atoms with Crippen molar-refractivity contribution in [1.82, 2.24) is 19.7 Å². The Bertz CT molecular complexity index is 1120. The van der Waals surface area contributed by atoms with E-state index in [9.17, 15) is 4.79 Å². The standard InChI is InChI=1S/C22H22N4O4S/c1-25(13-18-8-4-10-29-18)20(27)15-31-22-24-23-21(16-6-3-7-17(12-16)28-2)26(22)14-19-9-5-11-30-19/h3-12H,13-15H2,1-2H3. The van der Waals surface area contributed by atoms with Crippen LogP contribution < -0.4 is 4.74 Å². The van der Waals surface area contributed by atoms with Crippen molar-refractivity contribution in [2.45, 2.75) is 18.2 Å². The smallest absolute Gasteiger partial charge is 0.233 e. The van der Waals surface area contributed by atoms with E-state index in [1.807, 2.05) is 47.0 Å². The van der Waals surface area contributed by atoms with Crippen LogP contribution in [-0.4, -0.2) is 45.5 Å². The fraction of sp³-hybridized carbons (Fsp3) is 0.227. The van der Waals surface area contributed by atoms with Gasteiger partial charge in [-0.1, -0.05) is 23.9 Å². The van der Waals surface area contributed by atoms with Gasteiger partial charge in [-0.3, -0.25) is 9.36 Å². The molecule has 0 saturated carbocycles. The van der Waals surface area contributed by atoms with Gasteiger partial charge in [0.25, 0.3) is 0 Å². The van der Waals surface area contributed by atoms with Crippen molar-refractivity contribution < 1.29 is 18.4 Å². The second-order valence-electron chi connectivity index (χ2n) is 6.82. The van der Waals surface area contributed by atoms with Gasteiger partial charge in [-0.25, -0.2) is 0 Å². The number of furan rings is 2. The lowest BCUT2D eigenvalue weighted by Gasteiger charge is -2.15. The molecule has 4 rings (SSSR count). The van der Waals surface area contributed by atoms with Crippen molar-refractivity contribution in [3.63, 3.8) is 0 Å². The second-order valence-corrected chi connectivity index (χ2v) is 7.76. The number of hydrogen-bond acceptors (Lipinski definition) is 7. The summed E-state index contributed by atoms with van der Waals surface area (Å²) in [7, 11) is 3.37. The Morgan fingerprint density at radius 3 is 2.58 bits per heavy atom. The molecule has 0 bridgehead atoms. The number of ether oxygens (including phenoxy) is 1. The van der Waals surface area contributed by atoms with Crippen LogP contribution in [0.3, 0.4) is 0 Å². The quantitative estimate of drug-likeness (QED) is 0.366. The zero-order valence-corrected chi connectivity index (χ0v) is 18.0. The molecule has 0 unspecified atom stereocenters. The Kier molecular flexibility index (Phi) is 6.42. The number of benzene rings is 1. The predicted octanol–water partition coefficient (Wildman–Crippen LogP) is 3.94. The summed E-state index contributed by atoms with van der Waals surface area (Å²) >= 11 is 1.34. The van der Waals surface area contributed by atoms with Crippen LogP contribution in [0, 0.1) is 0 Å². The summed E-state index contributed by atoms with van der Waals surface area (Å²) in [6.45, 7) is 0.867. The Morgan fingerprint density at radius 2 is 1.87 bits per heavy atom. The molecule has 0 radical (unpaired) electrons. The maximum Gasteiger partial charge on any atom is 0.233 e. The number of rotatable bonds is 9. The summed E-state index contributed by atoms with van der Waals surface area (Å²) < 4.78 is 18.1. The van der Waals surface area contributed by atoms with Gasteiger partial charge in [-0.2, -0.15) is 0 Å². The molecular weight excluding hydrogens is 416 g/mol. The third-order valence-electron chi connectivity index (χ3n) is 4.66. The second kappa shape index (κ2) is 9.57. The van der Waals surface area contributed by atoms with Gasteiger partial charge in [-0.15, -0.1) is 10.2 Å². The number of methoxy groups -OCH3 is 1. The van der Waals surface area contributed by atoms with Crippen LogP contribution in [0.2, 0.25) is 0 Å². The Morgan fingerprint density at radius 1 is 1.10 bits per heavy atom. The van der Waals surface area contributed by atoms with E-state index in [4.69, 9.17) is 13.6 Å². The lowest BCUT2D eigenvalue weighted by molar-refractivity contribution is -0.127. The highest BCUT2D eigenvalue weighted by atomic mass is 32.2. The minimum atomic E-state index is -0.0307. The van der Waals surface area contributed by atoms with Crippen molar-refractivity contribution in [1.29, 1.82) is 0 Å². The Labute approximate surface area is 183 Å². The van der Waals surface area contributed by atoms with Crippen molar-refractivity contribution in [2.24, 2.45) is 0 Å². The normalized spacial score (nSPS) is 10.9. The first-order valence-electron chi connectivity index (χ1n) is 9.63. The Balaban J connectivity index is 1.53. The molecule has 4 aromatic rings. The van der Waals surface area contributed by atoms with Crippen molar-refractivity contribution in [3.8, 4) is 17.1 Å². The topological polar surface area (TPSA) is 86.5 Å². The van der Waals surface area contributed by atoms with Gasteiger partial charge >= 0.3 is 0 Å². The van der Waals surface area contributed by atoms with E-state index in [1.165, 1.54) is 11.8 Å². The van der Waals surface area contributed by atoms with Crippen LogP contribution in [0.25, 0.3) is 11.4 Å². The molecule has 0 fully saturated rings. The SMILES string of the molecule is COc1cccc(-c2nnc(SCC(=O)N(C)Cc3ccco3)n2Cc2ccco2)c1. The number of carbonyl (C=O) groups is 1. The van der Waals surface area contributed by atoms with Gasteiger partial charge in [0.15, 0.2) is 11.0 Å². The lowest BCUT2D eigenvalue weighted by Crippen LogP contribution is -2.27. The molecule has 9 heteroatoms. The third-order valence-corrected chi connectivity index (χ3v) is 5.61. The first-order chi connectivity index (χ1) is 15.1. The van der Waals surface area contributed by atoms with Crippen molar-refractivity contribution >= 4 is 17.7 Å². The molecule has 0 spiro atoms. The molecule has 0 aliphatic carbocycles. The largest absolute Gasteiger partial charge is 0.497 e. The molecule has 0 atom stereocenters. The molecule has 0 aliphatic heterocycles. The summed E-state index contributed by atoms with van der Waals surface area (Å²) in [5, 5.41) is 9.35. The number of thioether (sulfide) groups is 1. The van der Waals surface area contributed by atoms with E-state index in [0.717, 1.165) is 22.8 Å². The molecule has 0 aliphatic rings. The number of amides is 1. The van der Waals surface area contributed by atoms with E-state index >= 15 is 0 Å². The lowest BCUT2D eigenvalue weighted by atomic mass is 10.2. The van der Waals surface area contributed by atoms with Crippen LogP contribution in [0.4, 0.5) is 0 Å². The maximum atomic E-state index is 12.6. The zero-order valence-electron chi connectivity index (χ0n) is 17.2. The molecule has 1 amide bonds. The van der Waals surface area contributed by atoms with E-state index in [2.05, 4.69) is 10.2 Å². The molecular formula is C22H22N4O4S. The molecule has 3 aromatic heterocycles. The highest BCUT2D eigenvalue weighted by Gasteiger charge is 2.19. The summed E-state index contributed by atoms with van der Waals surface area (Å²) in [6, 6.07) is 15.0. The van der Waals surface area contributed by atoms with Crippen LogP contribution in [-0.2, 0) is 17.9 Å². The number of carbonyl (C=O) groups excluding carboxylic acids is 1. The maximum absolute atomic E-state index is 12.6. The zero-order chi connectivity index (χ0) is 21.6. The van der Waals surface area contributed by atoms with Crippen molar-refractivity contribution in [3.05, 3.63) is 72.6 Å². The molecule has 8 nitrogen and oxygen atoms in total. The highest BCUT2D eigenvalue weighted by Crippen LogP contribution is 2.27. The number of nitrogens with zero attached hydrogens (tertiary/aromatic N) is 4. The molecule has 0 N–H and O–H groups in total. The van der Waals surface area contributed by atoms with Crippen LogP contribution >= 0.6 is 11.8 Å². The van der Waals surface area contributed by atoms with Gasteiger partial charge < -0.3 is 18.5 Å². The van der Waals surface area contributed by atoms with E-state index < -0.39 is 0 Å². The predicted molar refractivity (Wildman–Crippen MR) is 116 cm³/mol. The van der Waals surface area contributed by atoms with E-state index in [1.54, 1.807) is 37.7 Å². The van der Waals surface area contributed by atoms with Gasteiger partial charge in [0.1, 0.15) is 17.3 Å². The summed E-state index contributed by atoms with van der Waals surface area (Å²) in [4.78, 5) is 14.2. The van der Waals surface area contributed by atoms with Gasteiger partial charge in [0.05, 0.1) is 38.5 Å². The van der Waals surface area contributed by atoms with E-state index in [-0.39, 0.29) is 11.7 Å². The Hall–Kier alpha value is -3.46. The fourth-order valence-corrected chi connectivity index (χ4v) is 3.91. The summed E-state index contributed by atoms with van der Waals surface area (Å²) in [6.07, 6.45) is 3.23. The van der Waals surface area contributed by atoms with Crippen LogP contribution in [0.1, 0.15) is 11.5 Å². The minimum absolute atomic E-state index is 0.0307. The molecule has 1 aromatic carbocycles. The number of aromatic nitrogens is 3. The summed E-state index contributed by atoms with van der Waals surface area (Å²) in [5.74, 6) is 3.11. The van der Waals surface area contributed by atoms with Gasteiger partial charge in [0.2, 0.25) is 5.91 Å². The first kappa shape index (κ1) is 20.8. The summed E-state index contributed by atoms with van der Waals surface area (Å²) in [5.41, 5.74) is 0.867. The van der Waals surface area contributed by atoms with Crippen LogP contribution in [0.15, 0.2) is 75.0 Å². The van der Waals surface area contributed by atoms with Gasteiger partial charge in [-0.05, 0) is 36.4 Å². The monoisotopic (exact) mass is 438 g/mol. The highest BCUT2D eigenvalue weighted by molar-refractivity contribution is 7.99. The first-order valence-corrected chi connectivity index (χ1v) is 10.6.